The minimum atomic E-state index is -0.668. The summed E-state index contributed by atoms with van der Waals surface area (Å²) >= 11 is 0. The molecular formula is C10H10FN3O3. The Labute approximate surface area is 96.4 Å². The van der Waals surface area contributed by atoms with E-state index in [1.807, 2.05) is 0 Å². The SMILES string of the molecule is O=[N+]([O-])c1ccc(N2CCOCC=N2)c(F)c1. The van der Waals surface area contributed by atoms with Crippen molar-refractivity contribution in [3.8, 4) is 0 Å². The van der Waals surface area contributed by atoms with Gasteiger partial charge in [0.05, 0.1) is 42.7 Å². The number of nitrogens with zero attached hydrogens (tertiary/aromatic N) is 3. The maximum Gasteiger partial charge on any atom is 0.272 e. The Morgan fingerprint density at radius 1 is 1.53 bits per heavy atom. The van der Waals surface area contributed by atoms with Gasteiger partial charge in [-0.05, 0) is 6.07 Å². The van der Waals surface area contributed by atoms with E-state index in [4.69, 9.17) is 4.74 Å². The summed E-state index contributed by atoms with van der Waals surface area (Å²) in [7, 11) is 0. The molecule has 90 valence electrons. The molecular weight excluding hydrogens is 229 g/mol. The van der Waals surface area contributed by atoms with E-state index in [0.29, 0.717) is 19.8 Å². The summed E-state index contributed by atoms with van der Waals surface area (Å²) < 4.78 is 18.8. The Balaban J connectivity index is 2.29. The van der Waals surface area contributed by atoms with Crippen molar-refractivity contribution in [2.45, 2.75) is 0 Å². The number of anilines is 1. The first kappa shape index (κ1) is 11.5. The number of hydrogen-bond acceptors (Lipinski definition) is 5. The third-order valence-corrected chi connectivity index (χ3v) is 2.28. The lowest BCUT2D eigenvalue weighted by atomic mass is 10.2. The van der Waals surface area contributed by atoms with Crippen LogP contribution in [0.15, 0.2) is 23.3 Å². The largest absolute Gasteiger partial charge is 0.374 e. The molecule has 0 bridgehead atoms. The van der Waals surface area contributed by atoms with E-state index in [-0.39, 0.29) is 11.4 Å². The number of benzene rings is 1. The molecule has 17 heavy (non-hydrogen) atoms. The van der Waals surface area contributed by atoms with Gasteiger partial charge in [-0.3, -0.25) is 15.1 Å². The van der Waals surface area contributed by atoms with E-state index in [9.17, 15) is 14.5 Å². The van der Waals surface area contributed by atoms with Gasteiger partial charge in [-0.25, -0.2) is 4.39 Å². The van der Waals surface area contributed by atoms with Crippen molar-refractivity contribution in [1.82, 2.24) is 0 Å². The molecule has 0 radical (unpaired) electrons. The summed E-state index contributed by atoms with van der Waals surface area (Å²) in [5.41, 5.74) is -0.0707. The molecule has 7 heteroatoms. The van der Waals surface area contributed by atoms with Gasteiger partial charge in [0.1, 0.15) is 0 Å². The minimum absolute atomic E-state index is 0.206. The molecule has 0 saturated carbocycles. The van der Waals surface area contributed by atoms with Gasteiger partial charge in [-0.15, -0.1) is 0 Å². The van der Waals surface area contributed by atoms with E-state index in [0.717, 1.165) is 6.07 Å². The number of rotatable bonds is 2. The van der Waals surface area contributed by atoms with Gasteiger partial charge in [-0.1, -0.05) is 0 Å². The van der Waals surface area contributed by atoms with Gasteiger partial charge in [0.2, 0.25) is 0 Å². The monoisotopic (exact) mass is 239 g/mol. The molecule has 0 fully saturated rings. The van der Waals surface area contributed by atoms with Gasteiger partial charge in [0.25, 0.3) is 5.69 Å². The van der Waals surface area contributed by atoms with Crippen LogP contribution in [0.2, 0.25) is 0 Å². The molecule has 0 aliphatic carbocycles. The van der Waals surface area contributed by atoms with E-state index < -0.39 is 10.7 Å². The van der Waals surface area contributed by atoms with Crippen LogP contribution in [0.1, 0.15) is 0 Å². The van der Waals surface area contributed by atoms with Crippen LogP contribution in [0.3, 0.4) is 0 Å². The zero-order valence-electron chi connectivity index (χ0n) is 8.88. The first-order valence-corrected chi connectivity index (χ1v) is 5.00. The summed E-state index contributed by atoms with van der Waals surface area (Å²) in [5.74, 6) is -0.668. The van der Waals surface area contributed by atoms with Crippen molar-refractivity contribution in [2.24, 2.45) is 5.10 Å². The molecule has 0 N–H and O–H groups in total. The number of halogens is 1. The third kappa shape index (κ3) is 2.56. The highest BCUT2D eigenvalue weighted by Crippen LogP contribution is 2.24. The number of nitro benzene ring substituents is 1. The van der Waals surface area contributed by atoms with Crippen molar-refractivity contribution in [3.63, 3.8) is 0 Å². The Hall–Kier alpha value is -2.02. The molecule has 1 aliphatic rings. The standard InChI is InChI=1S/C10H10FN3O3/c11-9-7-8(14(15)16)1-2-10(9)13-4-6-17-5-3-12-13/h1-3,7H,4-6H2. The molecule has 0 spiro atoms. The van der Waals surface area contributed by atoms with Crippen molar-refractivity contribution >= 4 is 17.6 Å². The molecule has 6 nitrogen and oxygen atoms in total. The second-order valence-corrected chi connectivity index (χ2v) is 3.39. The lowest BCUT2D eigenvalue weighted by molar-refractivity contribution is -0.385. The van der Waals surface area contributed by atoms with Gasteiger partial charge in [-0.2, -0.15) is 5.10 Å². The molecule has 1 aliphatic heterocycles. The number of non-ortho nitro benzene ring substituents is 1. The number of hydrazone groups is 1. The first-order valence-electron chi connectivity index (χ1n) is 5.00. The Bertz CT molecular complexity index is 464. The summed E-state index contributed by atoms with van der Waals surface area (Å²) in [6.07, 6.45) is 1.52. The van der Waals surface area contributed by atoms with Crippen LogP contribution in [-0.2, 0) is 4.74 Å². The maximum atomic E-state index is 13.7. The number of nitro groups is 1. The van der Waals surface area contributed by atoms with E-state index in [1.165, 1.54) is 23.4 Å². The lowest BCUT2D eigenvalue weighted by Crippen LogP contribution is -2.20. The van der Waals surface area contributed by atoms with Gasteiger partial charge >= 0.3 is 0 Å². The van der Waals surface area contributed by atoms with Crippen molar-refractivity contribution in [1.29, 1.82) is 0 Å². The van der Waals surface area contributed by atoms with E-state index in [2.05, 4.69) is 5.10 Å². The summed E-state index contributed by atoms with van der Waals surface area (Å²) in [6.45, 7) is 1.22. The normalized spacial score (nSPS) is 15.7. The van der Waals surface area contributed by atoms with Crippen LogP contribution >= 0.6 is 0 Å². The second kappa shape index (κ2) is 4.88. The molecule has 0 aromatic heterocycles. The number of ether oxygens (including phenoxy) is 1. The minimum Gasteiger partial charge on any atom is -0.374 e. The predicted molar refractivity (Wildman–Crippen MR) is 59.7 cm³/mol. The fourth-order valence-corrected chi connectivity index (χ4v) is 1.48. The average molecular weight is 239 g/mol. The Morgan fingerprint density at radius 3 is 3.06 bits per heavy atom. The Kier molecular flexibility index (Phi) is 3.29. The zero-order chi connectivity index (χ0) is 12.3. The van der Waals surface area contributed by atoms with Crippen LogP contribution in [0.25, 0.3) is 0 Å². The van der Waals surface area contributed by atoms with Gasteiger partial charge < -0.3 is 4.74 Å². The molecule has 0 saturated heterocycles. The fourth-order valence-electron chi connectivity index (χ4n) is 1.48. The fraction of sp³-hybridized carbons (Fsp3) is 0.300. The summed E-state index contributed by atoms with van der Waals surface area (Å²) in [5, 5.41) is 15.9. The number of hydrogen-bond donors (Lipinski definition) is 0. The first-order chi connectivity index (χ1) is 8.18. The molecule has 2 rings (SSSR count). The summed E-state index contributed by atoms with van der Waals surface area (Å²) in [4.78, 5) is 9.83. The van der Waals surface area contributed by atoms with E-state index >= 15 is 0 Å². The third-order valence-electron chi connectivity index (χ3n) is 2.28. The quantitative estimate of drug-likeness (QED) is 0.580. The van der Waals surface area contributed by atoms with Crippen LogP contribution in [-0.4, -0.2) is 30.9 Å². The van der Waals surface area contributed by atoms with E-state index in [1.54, 1.807) is 0 Å². The Morgan fingerprint density at radius 2 is 2.35 bits per heavy atom. The molecule has 0 unspecified atom stereocenters. The molecule has 1 aromatic carbocycles. The zero-order valence-corrected chi connectivity index (χ0v) is 8.88. The summed E-state index contributed by atoms with van der Waals surface area (Å²) in [6, 6.07) is 3.48. The highest BCUT2D eigenvalue weighted by atomic mass is 19.1. The van der Waals surface area contributed by atoms with Crippen molar-refractivity contribution in [3.05, 3.63) is 34.1 Å². The van der Waals surface area contributed by atoms with Crippen LogP contribution in [0.5, 0.6) is 0 Å². The van der Waals surface area contributed by atoms with Crippen LogP contribution in [0, 0.1) is 15.9 Å². The van der Waals surface area contributed by atoms with Gasteiger partial charge in [0.15, 0.2) is 5.82 Å². The predicted octanol–water partition coefficient (Wildman–Crippen LogP) is 1.56. The lowest BCUT2D eigenvalue weighted by Gasteiger charge is -2.17. The molecule has 0 amide bonds. The van der Waals surface area contributed by atoms with Gasteiger partial charge in [0, 0.05) is 6.07 Å². The highest BCUT2D eigenvalue weighted by molar-refractivity contribution is 5.62. The second-order valence-electron chi connectivity index (χ2n) is 3.39. The highest BCUT2D eigenvalue weighted by Gasteiger charge is 2.16. The van der Waals surface area contributed by atoms with Crippen LogP contribution in [0.4, 0.5) is 15.8 Å². The molecule has 1 aromatic rings. The van der Waals surface area contributed by atoms with Crippen molar-refractivity contribution < 1.29 is 14.1 Å². The smallest absolute Gasteiger partial charge is 0.272 e. The maximum absolute atomic E-state index is 13.7. The average Bonchev–Trinajstić information content (AvgIpc) is 2.57. The molecule has 1 heterocycles. The van der Waals surface area contributed by atoms with Crippen molar-refractivity contribution in [2.75, 3.05) is 24.8 Å². The van der Waals surface area contributed by atoms with Crippen LogP contribution < -0.4 is 5.01 Å². The molecule has 0 atom stereocenters. The topological polar surface area (TPSA) is 68.0 Å².